The van der Waals surface area contributed by atoms with E-state index in [9.17, 15) is 14.9 Å². The average molecular weight is 469 g/mol. The second-order valence-corrected chi connectivity index (χ2v) is 13.1. The maximum absolute atomic E-state index is 10.5. The summed E-state index contributed by atoms with van der Waals surface area (Å²) < 4.78 is 6.23. The molecule has 3 unspecified atom stereocenters. The van der Waals surface area contributed by atoms with Gasteiger partial charge < -0.3 is 19.4 Å². The van der Waals surface area contributed by atoms with E-state index in [0.717, 1.165) is 23.1 Å². The van der Waals surface area contributed by atoms with Crippen molar-refractivity contribution in [2.75, 3.05) is 6.61 Å². The first-order valence-corrected chi connectivity index (χ1v) is 13.2. The fourth-order valence-electron chi connectivity index (χ4n) is 4.75. The van der Waals surface area contributed by atoms with E-state index in [1.54, 1.807) is 0 Å². The van der Waals surface area contributed by atoms with Crippen LogP contribution in [0.3, 0.4) is 0 Å². The Morgan fingerprint density at radius 1 is 0.812 bits per heavy atom. The van der Waals surface area contributed by atoms with E-state index < -0.39 is 14.2 Å². The average Bonchev–Trinajstić information content (AvgIpc) is 2.63. The fraction of sp³-hybridized carbons (Fsp3) is 0.778. The molecule has 0 saturated carbocycles. The minimum atomic E-state index is -2.63. The molecular formula is C27H49O4P. The normalized spacial score (nSPS) is 17.4. The van der Waals surface area contributed by atoms with Crippen LogP contribution in [0, 0.1) is 11.8 Å². The van der Waals surface area contributed by atoms with Crippen molar-refractivity contribution in [3.8, 4) is 0 Å². The van der Waals surface area contributed by atoms with Crippen molar-refractivity contribution in [1.82, 2.24) is 0 Å². The zero-order valence-corrected chi connectivity index (χ0v) is 23.5. The molecule has 0 fully saturated rings. The van der Waals surface area contributed by atoms with Gasteiger partial charge in [-0.1, -0.05) is 102 Å². The molecule has 3 N–H and O–H groups in total. The van der Waals surface area contributed by atoms with E-state index in [1.807, 2.05) is 6.92 Å². The summed E-state index contributed by atoms with van der Waals surface area (Å²) in [4.78, 5) is 20.4. The van der Waals surface area contributed by atoms with Gasteiger partial charge in [0.2, 0.25) is 0 Å². The quantitative estimate of drug-likeness (QED) is 0.357. The molecule has 0 aliphatic rings. The van der Waals surface area contributed by atoms with Crippen molar-refractivity contribution in [3.05, 3.63) is 34.4 Å². The number of aliphatic hydroxyl groups is 1. The van der Waals surface area contributed by atoms with Crippen LogP contribution in [-0.4, -0.2) is 21.5 Å². The molecule has 0 radical (unpaired) electrons. The van der Waals surface area contributed by atoms with Gasteiger partial charge in [-0.05, 0) is 50.8 Å². The lowest BCUT2D eigenvalue weighted by molar-refractivity contribution is -0.0754. The minimum absolute atomic E-state index is 0.0356. The predicted molar refractivity (Wildman–Crippen MR) is 137 cm³/mol. The molecule has 186 valence electrons. The molecule has 3 atom stereocenters. The SMILES string of the molecule is CCC(C)C(OP(O)O)(c1c(C(C)(C)C)cc(C(C)(C)C)cc1C(C)(C)C)C(CC)CO. The summed E-state index contributed by atoms with van der Waals surface area (Å²) in [7, 11) is -2.63. The van der Waals surface area contributed by atoms with Crippen LogP contribution in [0.25, 0.3) is 0 Å². The third-order valence-corrected chi connectivity index (χ3v) is 7.37. The van der Waals surface area contributed by atoms with Crippen molar-refractivity contribution < 1.29 is 19.4 Å². The van der Waals surface area contributed by atoms with Crippen LogP contribution in [0.4, 0.5) is 0 Å². The molecule has 0 bridgehead atoms. The van der Waals surface area contributed by atoms with Gasteiger partial charge in [0, 0.05) is 12.5 Å². The first-order chi connectivity index (χ1) is 14.4. The van der Waals surface area contributed by atoms with Crippen molar-refractivity contribution in [3.63, 3.8) is 0 Å². The van der Waals surface area contributed by atoms with E-state index in [4.69, 9.17) is 4.52 Å². The van der Waals surface area contributed by atoms with Crippen LogP contribution in [0.5, 0.6) is 0 Å². The van der Waals surface area contributed by atoms with E-state index in [1.165, 1.54) is 5.56 Å². The lowest BCUT2D eigenvalue weighted by Gasteiger charge is -2.49. The lowest BCUT2D eigenvalue weighted by Crippen LogP contribution is -2.47. The van der Waals surface area contributed by atoms with Crippen molar-refractivity contribution in [2.45, 2.75) is 118 Å². The van der Waals surface area contributed by atoms with Gasteiger partial charge in [0.25, 0.3) is 0 Å². The van der Waals surface area contributed by atoms with Crippen LogP contribution in [-0.2, 0) is 26.4 Å². The fourth-order valence-corrected chi connectivity index (χ4v) is 5.44. The number of aliphatic hydroxyl groups excluding tert-OH is 1. The van der Waals surface area contributed by atoms with Gasteiger partial charge in [0.1, 0.15) is 5.60 Å². The highest BCUT2D eigenvalue weighted by Crippen LogP contribution is 2.55. The summed E-state index contributed by atoms with van der Waals surface area (Å²) in [5.74, 6) is -0.309. The Hall–Kier alpha value is -0.510. The molecule has 0 aliphatic carbocycles. The molecule has 1 aromatic rings. The summed E-state index contributed by atoms with van der Waals surface area (Å²) >= 11 is 0. The first kappa shape index (κ1) is 29.5. The van der Waals surface area contributed by atoms with Gasteiger partial charge in [-0.15, -0.1) is 0 Å². The summed E-state index contributed by atoms with van der Waals surface area (Å²) in [6.45, 7) is 26.0. The first-order valence-electron chi connectivity index (χ1n) is 12.1. The third-order valence-electron chi connectivity index (χ3n) is 6.91. The van der Waals surface area contributed by atoms with Crippen molar-refractivity contribution in [1.29, 1.82) is 0 Å². The molecular weight excluding hydrogens is 419 g/mol. The second kappa shape index (κ2) is 10.4. The standard InChI is InChI=1S/C27H49O4P/c1-13-18(3)27(31-32(29)30,19(14-2)17-28)23-21(25(7,8)9)15-20(24(4,5)6)16-22(23)26(10,11)12/h15-16,18-19,28-30H,13-14,17H2,1-12H3. The predicted octanol–water partition coefficient (Wildman–Crippen LogP) is 7.07. The maximum Gasteiger partial charge on any atom is 0.327 e. The van der Waals surface area contributed by atoms with Crippen molar-refractivity contribution >= 4 is 8.60 Å². The second-order valence-electron chi connectivity index (χ2n) is 12.4. The Morgan fingerprint density at radius 3 is 1.50 bits per heavy atom. The third kappa shape index (κ3) is 6.13. The van der Waals surface area contributed by atoms with Crippen molar-refractivity contribution in [2.24, 2.45) is 11.8 Å². The van der Waals surface area contributed by atoms with Gasteiger partial charge in [-0.25, -0.2) is 0 Å². The number of hydrogen-bond donors (Lipinski definition) is 3. The molecule has 32 heavy (non-hydrogen) atoms. The molecule has 4 nitrogen and oxygen atoms in total. The number of rotatable bonds is 8. The minimum Gasteiger partial charge on any atom is -0.396 e. The zero-order valence-electron chi connectivity index (χ0n) is 22.6. The largest absolute Gasteiger partial charge is 0.396 e. The van der Waals surface area contributed by atoms with Gasteiger partial charge in [0.05, 0.1) is 0 Å². The molecule has 1 rings (SSSR count). The van der Waals surface area contributed by atoms with Crippen LogP contribution in [0.1, 0.15) is 118 Å². The van der Waals surface area contributed by atoms with E-state index in [-0.39, 0.29) is 34.7 Å². The summed E-state index contributed by atoms with van der Waals surface area (Å²) in [5, 5.41) is 10.5. The maximum atomic E-state index is 10.5. The number of hydrogen-bond acceptors (Lipinski definition) is 4. The van der Waals surface area contributed by atoms with Gasteiger partial charge >= 0.3 is 8.60 Å². The molecule has 0 saturated heterocycles. The topological polar surface area (TPSA) is 69.9 Å². The Kier molecular flexibility index (Phi) is 9.60. The van der Waals surface area contributed by atoms with Crippen LogP contribution in [0.2, 0.25) is 0 Å². The Balaban J connectivity index is 4.42. The monoisotopic (exact) mass is 468 g/mol. The summed E-state index contributed by atoms with van der Waals surface area (Å²) in [6.07, 6.45) is 1.45. The lowest BCUT2D eigenvalue weighted by atomic mass is 9.62. The van der Waals surface area contributed by atoms with Crippen LogP contribution < -0.4 is 0 Å². The summed E-state index contributed by atoms with van der Waals surface area (Å²) in [6, 6.07) is 4.57. The Bertz CT molecular complexity index is 713. The Labute approximate surface area is 198 Å². The molecule has 1 aromatic carbocycles. The highest BCUT2D eigenvalue weighted by molar-refractivity contribution is 7.39. The molecule has 0 aromatic heterocycles. The molecule has 5 heteroatoms. The smallest absolute Gasteiger partial charge is 0.327 e. The van der Waals surface area contributed by atoms with Crippen LogP contribution >= 0.6 is 8.60 Å². The molecule has 0 aliphatic heterocycles. The number of benzene rings is 1. The summed E-state index contributed by atoms with van der Waals surface area (Å²) in [5.41, 5.74) is 3.10. The van der Waals surface area contributed by atoms with E-state index in [0.29, 0.717) is 6.42 Å². The molecule has 0 amide bonds. The Morgan fingerprint density at radius 2 is 1.25 bits per heavy atom. The molecule has 0 spiro atoms. The zero-order chi connectivity index (χ0) is 25.3. The highest BCUT2D eigenvalue weighted by Gasteiger charge is 2.51. The van der Waals surface area contributed by atoms with Gasteiger partial charge in [-0.3, -0.25) is 0 Å². The van der Waals surface area contributed by atoms with Gasteiger partial charge in [-0.2, -0.15) is 0 Å². The highest BCUT2D eigenvalue weighted by atomic mass is 31.2. The van der Waals surface area contributed by atoms with Gasteiger partial charge in [0.15, 0.2) is 0 Å². The van der Waals surface area contributed by atoms with Crippen LogP contribution in [0.15, 0.2) is 12.1 Å². The molecule has 0 heterocycles. The van der Waals surface area contributed by atoms with E-state index >= 15 is 0 Å². The van der Waals surface area contributed by atoms with E-state index in [2.05, 4.69) is 88.3 Å².